The Morgan fingerprint density at radius 2 is 2.06 bits per heavy atom. The third-order valence-electron chi connectivity index (χ3n) is 2.93. The number of carbonyl (C=O) groups excluding carboxylic acids is 1. The number of carbonyl (C=O) groups is 1. The van der Waals surface area contributed by atoms with E-state index in [9.17, 15) is 4.79 Å². The van der Waals surface area contributed by atoms with Gasteiger partial charge >= 0.3 is 0 Å². The lowest BCUT2D eigenvalue weighted by Crippen LogP contribution is -2.07. The smallest absolute Gasteiger partial charge is 0.174 e. The molecule has 0 aliphatic heterocycles. The Hall–Kier alpha value is -0.900. The molecule has 92 valence electrons. The lowest BCUT2D eigenvalue weighted by atomic mass is 10.0. The van der Waals surface area contributed by atoms with Crippen molar-refractivity contribution in [3.63, 3.8) is 0 Å². The molecule has 0 N–H and O–H groups in total. The summed E-state index contributed by atoms with van der Waals surface area (Å²) in [5.74, 6) is 0.193. The molecule has 3 rings (SSSR count). The molecule has 1 aromatic heterocycles. The fraction of sp³-hybridized carbons (Fsp3) is 0.231. The van der Waals surface area contributed by atoms with E-state index in [1.54, 1.807) is 18.2 Å². The Kier molecular flexibility index (Phi) is 3.14. The van der Waals surface area contributed by atoms with Crippen molar-refractivity contribution in [3.8, 4) is 10.6 Å². The Balaban J connectivity index is 2.13. The minimum atomic E-state index is 0.193. The second kappa shape index (κ2) is 4.65. The normalized spacial score (nSPS) is 14.7. The number of hydrogen-bond acceptors (Lipinski definition) is 3. The van der Waals surface area contributed by atoms with Crippen molar-refractivity contribution in [1.82, 2.24) is 4.98 Å². The van der Waals surface area contributed by atoms with Crippen LogP contribution in [0.15, 0.2) is 18.2 Å². The van der Waals surface area contributed by atoms with E-state index in [2.05, 4.69) is 4.98 Å². The van der Waals surface area contributed by atoms with Crippen LogP contribution < -0.4 is 0 Å². The summed E-state index contributed by atoms with van der Waals surface area (Å²) in [6, 6.07) is 5.28. The van der Waals surface area contributed by atoms with E-state index < -0.39 is 0 Å². The van der Waals surface area contributed by atoms with Gasteiger partial charge in [0.25, 0.3) is 0 Å². The topological polar surface area (TPSA) is 30.0 Å². The Bertz CT molecular complexity index is 636. The number of aromatic nitrogens is 1. The summed E-state index contributed by atoms with van der Waals surface area (Å²) in [6.45, 7) is 0. The second-order valence-electron chi connectivity index (χ2n) is 4.20. The SMILES string of the molecule is O=C1CCCc2nc(-c3cc(Cl)ccc3Cl)sc21. The molecule has 0 unspecified atom stereocenters. The van der Waals surface area contributed by atoms with Gasteiger partial charge in [-0.15, -0.1) is 11.3 Å². The molecule has 2 nitrogen and oxygen atoms in total. The molecule has 0 bridgehead atoms. The van der Waals surface area contributed by atoms with Crippen LogP contribution in [0.1, 0.15) is 28.2 Å². The maximum Gasteiger partial charge on any atom is 0.174 e. The quantitative estimate of drug-likeness (QED) is 0.768. The third-order valence-corrected chi connectivity index (χ3v) is 4.66. The second-order valence-corrected chi connectivity index (χ2v) is 6.04. The van der Waals surface area contributed by atoms with Gasteiger partial charge in [-0.25, -0.2) is 4.98 Å². The zero-order chi connectivity index (χ0) is 12.7. The molecule has 0 spiro atoms. The maximum absolute atomic E-state index is 11.8. The molecule has 1 aliphatic carbocycles. The fourth-order valence-corrected chi connectivity index (χ4v) is 3.59. The molecule has 0 saturated heterocycles. The highest BCUT2D eigenvalue weighted by atomic mass is 35.5. The predicted molar refractivity (Wildman–Crippen MR) is 74.8 cm³/mol. The zero-order valence-electron chi connectivity index (χ0n) is 9.37. The van der Waals surface area contributed by atoms with E-state index in [1.807, 2.05) is 0 Å². The van der Waals surface area contributed by atoms with Gasteiger partial charge in [0.2, 0.25) is 0 Å². The van der Waals surface area contributed by atoms with Crippen LogP contribution >= 0.6 is 34.5 Å². The lowest BCUT2D eigenvalue weighted by Gasteiger charge is -2.06. The van der Waals surface area contributed by atoms with E-state index >= 15 is 0 Å². The van der Waals surface area contributed by atoms with Crippen LogP contribution in [0.4, 0.5) is 0 Å². The van der Waals surface area contributed by atoms with Gasteiger partial charge in [-0.3, -0.25) is 4.79 Å². The van der Waals surface area contributed by atoms with Gasteiger partial charge in [-0.2, -0.15) is 0 Å². The molecule has 2 aromatic rings. The van der Waals surface area contributed by atoms with Crippen LogP contribution in [-0.4, -0.2) is 10.8 Å². The number of aryl methyl sites for hydroxylation is 1. The van der Waals surface area contributed by atoms with Crippen LogP contribution in [0.2, 0.25) is 10.0 Å². The highest BCUT2D eigenvalue weighted by Gasteiger charge is 2.23. The van der Waals surface area contributed by atoms with Crippen molar-refractivity contribution in [2.45, 2.75) is 19.3 Å². The maximum atomic E-state index is 11.8. The number of Topliss-reactive ketones (excluding diaryl/α,β-unsaturated/α-hetero) is 1. The molecular formula is C13H9Cl2NOS. The van der Waals surface area contributed by atoms with E-state index in [0.717, 1.165) is 34.0 Å². The number of benzene rings is 1. The first-order valence-corrected chi connectivity index (χ1v) is 7.21. The summed E-state index contributed by atoms with van der Waals surface area (Å²) >= 11 is 13.5. The molecule has 5 heteroatoms. The minimum absolute atomic E-state index is 0.193. The first-order chi connectivity index (χ1) is 8.65. The summed E-state index contributed by atoms with van der Waals surface area (Å²) < 4.78 is 0. The molecule has 0 fully saturated rings. The molecule has 0 radical (unpaired) electrons. The summed E-state index contributed by atoms with van der Waals surface area (Å²) in [5, 5.41) is 2.01. The van der Waals surface area contributed by atoms with Gasteiger partial charge in [0, 0.05) is 17.0 Å². The van der Waals surface area contributed by atoms with Crippen LogP contribution in [-0.2, 0) is 6.42 Å². The minimum Gasteiger partial charge on any atom is -0.293 e. The van der Waals surface area contributed by atoms with Crippen LogP contribution in [0.25, 0.3) is 10.6 Å². The third kappa shape index (κ3) is 2.07. The highest BCUT2D eigenvalue weighted by molar-refractivity contribution is 7.17. The Morgan fingerprint density at radius 3 is 2.83 bits per heavy atom. The monoisotopic (exact) mass is 297 g/mol. The van der Waals surface area contributed by atoms with Crippen LogP contribution in [0.5, 0.6) is 0 Å². The zero-order valence-corrected chi connectivity index (χ0v) is 11.7. The van der Waals surface area contributed by atoms with Crippen molar-refractivity contribution >= 4 is 40.3 Å². The van der Waals surface area contributed by atoms with E-state index in [0.29, 0.717) is 16.5 Å². The van der Waals surface area contributed by atoms with Gasteiger partial charge in [0.15, 0.2) is 5.78 Å². The van der Waals surface area contributed by atoms with Gasteiger partial charge in [0.1, 0.15) is 5.01 Å². The van der Waals surface area contributed by atoms with E-state index in [-0.39, 0.29) is 5.78 Å². The Labute approximate surface area is 119 Å². The molecule has 1 heterocycles. The average Bonchev–Trinajstić information content (AvgIpc) is 2.77. The molecule has 0 amide bonds. The Morgan fingerprint density at radius 1 is 1.22 bits per heavy atom. The highest BCUT2D eigenvalue weighted by Crippen LogP contribution is 2.36. The van der Waals surface area contributed by atoms with E-state index in [1.165, 1.54) is 11.3 Å². The van der Waals surface area contributed by atoms with Crippen LogP contribution in [0.3, 0.4) is 0 Å². The molecule has 0 atom stereocenters. The first kappa shape index (κ1) is 12.2. The van der Waals surface area contributed by atoms with Crippen molar-refractivity contribution in [3.05, 3.63) is 38.8 Å². The number of ketones is 1. The van der Waals surface area contributed by atoms with Crippen molar-refractivity contribution in [2.75, 3.05) is 0 Å². The first-order valence-electron chi connectivity index (χ1n) is 5.63. The average molecular weight is 298 g/mol. The summed E-state index contributed by atoms with van der Waals surface area (Å²) in [4.78, 5) is 17.1. The summed E-state index contributed by atoms with van der Waals surface area (Å²) in [6.07, 6.45) is 2.38. The molecule has 1 aliphatic rings. The number of nitrogens with zero attached hydrogens (tertiary/aromatic N) is 1. The van der Waals surface area contributed by atoms with Crippen molar-refractivity contribution < 1.29 is 4.79 Å². The fourth-order valence-electron chi connectivity index (χ4n) is 2.05. The predicted octanol–water partition coefficient (Wildman–Crippen LogP) is 4.64. The molecular weight excluding hydrogens is 289 g/mol. The lowest BCUT2D eigenvalue weighted by molar-refractivity contribution is 0.0976. The molecule has 0 saturated carbocycles. The summed E-state index contributed by atoms with van der Waals surface area (Å²) in [7, 11) is 0. The largest absolute Gasteiger partial charge is 0.293 e. The standard InChI is InChI=1S/C13H9Cl2NOS/c14-7-4-5-9(15)8(6-7)13-16-10-2-1-3-11(17)12(10)18-13/h4-6H,1-3H2. The van der Waals surface area contributed by atoms with E-state index in [4.69, 9.17) is 23.2 Å². The van der Waals surface area contributed by atoms with Crippen LogP contribution in [0, 0.1) is 0 Å². The van der Waals surface area contributed by atoms with Gasteiger partial charge in [-0.1, -0.05) is 23.2 Å². The van der Waals surface area contributed by atoms with Gasteiger partial charge < -0.3 is 0 Å². The number of halogens is 2. The number of rotatable bonds is 1. The molecule has 18 heavy (non-hydrogen) atoms. The van der Waals surface area contributed by atoms with Gasteiger partial charge in [-0.05, 0) is 31.0 Å². The number of fused-ring (bicyclic) bond motifs is 1. The number of hydrogen-bond donors (Lipinski definition) is 0. The summed E-state index contributed by atoms with van der Waals surface area (Å²) in [5.41, 5.74) is 1.71. The van der Waals surface area contributed by atoms with Crippen molar-refractivity contribution in [2.24, 2.45) is 0 Å². The molecule has 1 aromatic carbocycles. The van der Waals surface area contributed by atoms with Crippen molar-refractivity contribution in [1.29, 1.82) is 0 Å². The number of thiazole rings is 1. The van der Waals surface area contributed by atoms with Gasteiger partial charge in [0.05, 0.1) is 15.6 Å².